The van der Waals surface area contributed by atoms with Gasteiger partial charge in [0.25, 0.3) is 0 Å². The van der Waals surface area contributed by atoms with E-state index in [0.717, 1.165) is 42.6 Å². The molecule has 2 atom stereocenters. The number of nitrogens with one attached hydrogen (secondary N) is 1. The zero-order chi connectivity index (χ0) is 21.3. The minimum Gasteiger partial charge on any atom is -0.396 e. The fourth-order valence-electron chi connectivity index (χ4n) is 4.02. The first-order valence-corrected chi connectivity index (χ1v) is 11.0. The van der Waals surface area contributed by atoms with Crippen LogP contribution in [0.3, 0.4) is 0 Å². The summed E-state index contributed by atoms with van der Waals surface area (Å²) < 4.78 is 0. The molecule has 5 nitrogen and oxygen atoms in total. The van der Waals surface area contributed by atoms with E-state index in [1.54, 1.807) is 0 Å². The molecule has 0 saturated carbocycles. The van der Waals surface area contributed by atoms with Crippen molar-refractivity contribution >= 4 is 17.3 Å². The van der Waals surface area contributed by atoms with E-state index >= 15 is 0 Å². The van der Waals surface area contributed by atoms with Crippen molar-refractivity contribution in [1.82, 2.24) is 5.32 Å². The second kappa shape index (κ2) is 10.9. The maximum atomic E-state index is 13.4. The average Bonchev–Trinajstić information content (AvgIpc) is 3.13. The molecule has 160 valence electrons. The number of hydrazone groups is 1. The summed E-state index contributed by atoms with van der Waals surface area (Å²) >= 11 is 0. The van der Waals surface area contributed by atoms with Crippen LogP contribution in [0.25, 0.3) is 0 Å². The van der Waals surface area contributed by atoms with Crippen LogP contribution in [0.2, 0.25) is 0 Å². The molecule has 2 aromatic rings. The Morgan fingerprint density at radius 2 is 1.70 bits per heavy atom. The zero-order valence-corrected chi connectivity index (χ0v) is 18.0. The SMILES string of the molecule is CC(C)CC1C(c2ccccc2)=NN(c2ccccc2)C1C(=O)NCCCCCO. The number of benzene rings is 2. The molecular formula is C25H33N3O2. The third kappa shape index (κ3) is 5.48. The van der Waals surface area contributed by atoms with Gasteiger partial charge in [-0.05, 0) is 49.3 Å². The lowest BCUT2D eigenvalue weighted by Gasteiger charge is -2.28. The minimum absolute atomic E-state index is 0.0168. The zero-order valence-electron chi connectivity index (χ0n) is 18.0. The molecule has 0 radical (unpaired) electrons. The third-order valence-corrected chi connectivity index (χ3v) is 5.43. The summed E-state index contributed by atoms with van der Waals surface area (Å²) in [5, 5.41) is 19.0. The Balaban J connectivity index is 1.90. The lowest BCUT2D eigenvalue weighted by atomic mass is 9.84. The van der Waals surface area contributed by atoms with Gasteiger partial charge in [-0.15, -0.1) is 0 Å². The summed E-state index contributed by atoms with van der Waals surface area (Å²) in [6.45, 7) is 5.20. The second-order valence-electron chi connectivity index (χ2n) is 8.29. The topological polar surface area (TPSA) is 64.9 Å². The Labute approximate surface area is 179 Å². The molecule has 0 saturated heterocycles. The summed E-state index contributed by atoms with van der Waals surface area (Å²) in [6, 6.07) is 19.8. The summed E-state index contributed by atoms with van der Waals surface area (Å²) in [5.74, 6) is 0.479. The Morgan fingerprint density at radius 1 is 1.03 bits per heavy atom. The first-order chi connectivity index (χ1) is 14.6. The minimum atomic E-state index is -0.372. The number of carbonyl (C=O) groups is 1. The molecule has 2 unspecified atom stereocenters. The van der Waals surface area contributed by atoms with Gasteiger partial charge < -0.3 is 10.4 Å². The predicted octanol–water partition coefficient (Wildman–Crippen LogP) is 4.22. The van der Waals surface area contributed by atoms with Crippen molar-refractivity contribution in [3.63, 3.8) is 0 Å². The maximum absolute atomic E-state index is 13.4. The fourth-order valence-corrected chi connectivity index (χ4v) is 4.02. The Morgan fingerprint density at radius 3 is 2.33 bits per heavy atom. The van der Waals surface area contributed by atoms with Crippen LogP contribution in [0.15, 0.2) is 65.8 Å². The van der Waals surface area contributed by atoms with E-state index in [1.807, 2.05) is 53.5 Å². The van der Waals surface area contributed by atoms with E-state index in [2.05, 4.69) is 31.3 Å². The van der Waals surface area contributed by atoms with Crippen molar-refractivity contribution in [3.8, 4) is 0 Å². The molecule has 5 heteroatoms. The van der Waals surface area contributed by atoms with Crippen LogP contribution in [-0.2, 0) is 4.79 Å². The number of aliphatic hydroxyl groups is 1. The highest BCUT2D eigenvalue weighted by Crippen LogP contribution is 2.34. The van der Waals surface area contributed by atoms with Crippen LogP contribution in [0.4, 0.5) is 5.69 Å². The van der Waals surface area contributed by atoms with E-state index in [-0.39, 0.29) is 24.5 Å². The summed E-state index contributed by atoms with van der Waals surface area (Å²) in [6.07, 6.45) is 3.43. The van der Waals surface area contributed by atoms with Crippen molar-refractivity contribution in [3.05, 3.63) is 66.2 Å². The Bertz CT molecular complexity index is 821. The number of unbranched alkanes of at least 4 members (excludes halogenated alkanes) is 2. The van der Waals surface area contributed by atoms with Gasteiger partial charge in [-0.1, -0.05) is 62.4 Å². The van der Waals surface area contributed by atoms with Gasteiger partial charge in [0.2, 0.25) is 5.91 Å². The molecular weight excluding hydrogens is 374 g/mol. The van der Waals surface area contributed by atoms with Crippen LogP contribution in [0, 0.1) is 11.8 Å². The molecule has 0 spiro atoms. The number of para-hydroxylation sites is 1. The molecule has 1 heterocycles. The summed E-state index contributed by atoms with van der Waals surface area (Å²) in [4.78, 5) is 13.4. The van der Waals surface area contributed by atoms with Crippen LogP contribution in [0.1, 0.15) is 45.1 Å². The molecule has 0 bridgehead atoms. The van der Waals surface area contributed by atoms with E-state index < -0.39 is 0 Å². The van der Waals surface area contributed by atoms with Crippen molar-refractivity contribution in [1.29, 1.82) is 0 Å². The molecule has 2 N–H and O–H groups in total. The lowest BCUT2D eigenvalue weighted by molar-refractivity contribution is -0.123. The molecule has 0 aromatic heterocycles. The van der Waals surface area contributed by atoms with Crippen molar-refractivity contribution in [2.24, 2.45) is 16.9 Å². The van der Waals surface area contributed by atoms with Crippen molar-refractivity contribution in [2.75, 3.05) is 18.2 Å². The van der Waals surface area contributed by atoms with Gasteiger partial charge in [-0.3, -0.25) is 9.80 Å². The molecule has 0 fully saturated rings. The van der Waals surface area contributed by atoms with E-state index in [4.69, 9.17) is 10.2 Å². The number of carbonyl (C=O) groups excluding carboxylic acids is 1. The molecule has 1 aliphatic heterocycles. The number of hydrogen-bond donors (Lipinski definition) is 2. The van der Waals surface area contributed by atoms with Gasteiger partial charge in [0, 0.05) is 19.1 Å². The predicted molar refractivity (Wildman–Crippen MR) is 123 cm³/mol. The number of anilines is 1. The Kier molecular flexibility index (Phi) is 8.03. The van der Waals surface area contributed by atoms with Gasteiger partial charge in [-0.2, -0.15) is 5.10 Å². The molecule has 2 aromatic carbocycles. The maximum Gasteiger partial charge on any atom is 0.245 e. The summed E-state index contributed by atoms with van der Waals surface area (Å²) in [5.41, 5.74) is 2.98. The molecule has 1 amide bonds. The standard InChI is InChI=1S/C25H33N3O2/c1-19(2)18-22-23(20-12-6-3-7-13-20)27-28(21-14-8-4-9-15-21)24(22)25(30)26-16-10-5-11-17-29/h3-4,6-9,12-15,19,22,24,29H,5,10-11,16-18H2,1-2H3,(H,26,30). The van der Waals surface area contributed by atoms with Crippen LogP contribution >= 0.6 is 0 Å². The molecule has 3 rings (SSSR count). The van der Waals surface area contributed by atoms with Gasteiger partial charge in [0.15, 0.2) is 0 Å². The highest BCUT2D eigenvalue weighted by atomic mass is 16.2. The van der Waals surface area contributed by atoms with Gasteiger partial charge in [-0.25, -0.2) is 0 Å². The van der Waals surface area contributed by atoms with Crippen LogP contribution < -0.4 is 10.3 Å². The fraction of sp³-hybridized carbons (Fsp3) is 0.440. The van der Waals surface area contributed by atoms with Crippen molar-refractivity contribution < 1.29 is 9.90 Å². The number of rotatable bonds is 10. The quantitative estimate of drug-likeness (QED) is 0.580. The van der Waals surface area contributed by atoms with Gasteiger partial charge in [0.1, 0.15) is 6.04 Å². The number of aliphatic hydroxyl groups excluding tert-OH is 1. The normalized spacial score (nSPS) is 18.5. The van der Waals surface area contributed by atoms with Gasteiger partial charge in [0.05, 0.1) is 11.4 Å². The molecule has 30 heavy (non-hydrogen) atoms. The first-order valence-electron chi connectivity index (χ1n) is 11.0. The van der Waals surface area contributed by atoms with Crippen LogP contribution in [-0.4, -0.2) is 35.9 Å². The van der Waals surface area contributed by atoms with E-state index in [9.17, 15) is 4.79 Å². The molecule has 0 aliphatic carbocycles. The number of nitrogens with zero attached hydrogens (tertiary/aromatic N) is 2. The number of hydrogen-bond acceptors (Lipinski definition) is 4. The van der Waals surface area contributed by atoms with E-state index in [0.29, 0.717) is 12.5 Å². The lowest BCUT2D eigenvalue weighted by Crippen LogP contribution is -2.47. The largest absolute Gasteiger partial charge is 0.396 e. The third-order valence-electron chi connectivity index (χ3n) is 5.43. The first kappa shape index (κ1) is 22.0. The number of amides is 1. The Hall–Kier alpha value is -2.66. The second-order valence-corrected chi connectivity index (χ2v) is 8.29. The highest BCUT2D eigenvalue weighted by Gasteiger charge is 2.43. The van der Waals surface area contributed by atoms with E-state index in [1.165, 1.54) is 0 Å². The van der Waals surface area contributed by atoms with Crippen LogP contribution in [0.5, 0.6) is 0 Å². The van der Waals surface area contributed by atoms with Crippen molar-refractivity contribution in [2.45, 2.75) is 45.6 Å². The average molecular weight is 408 g/mol. The smallest absolute Gasteiger partial charge is 0.245 e. The molecule has 1 aliphatic rings. The van der Waals surface area contributed by atoms with Gasteiger partial charge >= 0.3 is 0 Å². The summed E-state index contributed by atoms with van der Waals surface area (Å²) in [7, 11) is 0. The monoisotopic (exact) mass is 407 g/mol. The highest BCUT2D eigenvalue weighted by molar-refractivity contribution is 6.08.